The van der Waals surface area contributed by atoms with Crippen LogP contribution < -0.4 is 5.46 Å². The second-order valence-corrected chi connectivity index (χ2v) is 3.47. The van der Waals surface area contributed by atoms with Gasteiger partial charge in [-0.2, -0.15) is 0 Å². The second-order valence-electron chi connectivity index (χ2n) is 3.47. The number of hydrogen-bond acceptors (Lipinski definition) is 4. The monoisotopic (exact) mass is 206 g/mol. The van der Waals surface area contributed by atoms with Crippen LogP contribution in [0.15, 0.2) is 12.1 Å². The first-order valence-electron chi connectivity index (χ1n) is 4.65. The summed E-state index contributed by atoms with van der Waals surface area (Å²) in [6.45, 7) is 2.17. The molecule has 15 heavy (non-hydrogen) atoms. The summed E-state index contributed by atoms with van der Waals surface area (Å²) in [7, 11) is 0.409. The summed E-state index contributed by atoms with van der Waals surface area (Å²) < 4.78 is 9.73. The van der Waals surface area contributed by atoms with Crippen LogP contribution in [0, 0.1) is 6.92 Å². The number of fused-ring (bicyclic) bond motifs is 1. The molecule has 0 saturated heterocycles. The van der Waals surface area contributed by atoms with Crippen molar-refractivity contribution in [1.29, 1.82) is 0 Å². The Balaban J connectivity index is 2.53. The maximum Gasteiger partial charge on any atom is 0.492 e. The van der Waals surface area contributed by atoms with Gasteiger partial charge in [0.15, 0.2) is 0 Å². The first kappa shape index (κ1) is 10.2. The van der Waals surface area contributed by atoms with Crippen LogP contribution in [0.4, 0.5) is 0 Å². The van der Waals surface area contributed by atoms with Gasteiger partial charge in [0.2, 0.25) is 0 Å². The highest BCUT2D eigenvalue weighted by atomic mass is 16.5. The van der Waals surface area contributed by atoms with Gasteiger partial charge < -0.3 is 14.4 Å². The van der Waals surface area contributed by atoms with Crippen molar-refractivity contribution < 1.29 is 19.2 Å². The Morgan fingerprint density at radius 2 is 2.33 bits per heavy atom. The smallest absolute Gasteiger partial charge is 0.465 e. The predicted octanol–water partition coefficient (Wildman–Crippen LogP) is -0.000680. The average molecular weight is 206 g/mol. The fourth-order valence-corrected chi connectivity index (χ4v) is 1.84. The first-order chi connectivity index (χ1) is 7.15. The molecule has 0 spiro atoms. The van der Waals surface area contributed by atoms with Crippen LogP contribution in [0.25, 0.3) is 0 Å². The molecule has 0 fully saturated rings. The lowest BCUT2D eigenvalue weighted by Gasteiger charge is -2.08. The summed E-state index contributed by atoms with van der Waals surface area (Å²) in [5.74, 6) is -0.394. The molecule has 0 radical (unpaired) electrons. The summed E-state index contributed by atoms with van der Waals surface area (Å²) in [5.41, 5.74) is 2.82. The van der Waals surface area contributed by atoms with Crippen molar-refractivity contribution in [2.45, 2.75) is 13.5 Å². The van der Waals surface area contributed by atoms with E-state index in [9.17, 15) is 9.82 Å². The minimum atomic E-state index is -0.926. The molecule has 0 amide bonds. The van der Waals surface area contributed by atoms with E-state index < -0.39 is 13.1 Å². The maximum atomic E-state index is 11.4. The molecule has 0 atom stereocenters. The zero-order chi connectivity index (χ0) is 11.0. The summed E-state index contributed by atoms with van der Waals surface area (Å²) in [5, 5.41) is 9.57. The van der Waals surface area contributed by atoms with E-state index >= 15 is 0 Å². The fourth-order valence-electron chi connectivity index (χ4n) is 1.84. The third kappa shape index (κ3) is 1.54. The van der Waals surface area contributed by atoms with E-state index in [1.807, 2.05) is 0 Å². The Morgan fingerprint density at radius 1 is 1.60 bits per heavy atom. The average Bonchev–Trinajstić information content (AvgIpc) is 2.61. The van der Waals surface area contributed by atoms with Crippen molar-refractivity contribution in [3.63, 3.8) is 0 Å². The fraction of sp³-hybridized carbons (Fsp3) is 0.300. The van der Waals surface area contributed by atoms with Gasteiger partial charge in [-0.05, 0) is 29.6 Å². The van der Waals surface area contributed by atoms with E-state index in [-0.39, 0.29) is 0 Å². The normalized spacial score (nSPS) is 13.9. The molecule has 1 N–H and O–H groups in total. The number of rotatable bonds is 1. The van der Waals surface area contributed by atoms with Crippen molar-refractivity contribution in [3.05, 3.63) is 28.8 Å². The lowest BCUT2D eigenvalue weighted by Crippen LogP contribution is -2.32. The molecule has 4 nitrogen and oxygen atoms in total. The van der Waals surface area contributed by atoms with Gasteiger partial charge in [0, 0.05) is 0 Å². The Morgan fingerprint density at radius 3 is 3.00 bits per heavy atom. The van der Waals surface area contributed by atoms with Crippen molar-refractivity contribution in [3.8, 4) is 0 Å². The zero-order valence-electron chi connectivity index (χ0n) is 8.61. The third-order valence-corrected chi connectivity index (χ3v) is 2.65. The summed E-state index contributed by atoms with van der Waals surface area (Å²) >= 11 is 0. The molecule has 2 rings (SSSR count). The summed E-state index contributed by atoms with van der Waals surface area (Å²) in [6, 6.07) is 3.48. The molecule has 5 heteroatoms. The van der Waals surface area contributed by atoms with Gasteiger partial charge in [-0.1, -0.05) is 6.07 Å². The molecule has 1 aliphatic heterocycles. The largest absolute Gasteiger partial charge is 0.492 e. The minimum Gasteiger partial charge on any atom is -0.465 e. The summed E-state index contributed by atoms with van der Waals surface area (Å²) in [4.78, 5) is 11.4. The Hall–Kier alpha value is -1.33. The topological polar surface area (TPSA) is 55.8 Å². The molecule has 0 bridgehead atoms. The van der Waals surface area contributed by atoms with E-state index in [1.165, 1.54) is 7.11 Å². The molecule has 0 aliphatic carbocycles. The number of esters is 1. The number of carbonyl (C=O) groups is 1. The van der Waals surface area contributed by atoms with E-state index in [1.54, 1.807) is 19.1 Å². The van der Waals surface area contributed by atoms with Crippen molar-refractivity contribution in [2.24, 2.45) is 0 Å². The molecule has 0 saturated carbocycles. The highest BCUT2D eigenvalue weighted by Crippen LogP contribution is 2.16. The van der Waals surface area contributed by atoms with E-state index in [0.29, 0.717) is 17.6 Å². The van der Waals surface area contributed by atoms with Gasteiger partial charge in [-0.3, -0.25) is 0 Å². The van der Waals surface area contributed by atoms with Gasteiger partial charge in [0.05, 0.1) is 19.3 Å². The highest BCUT2D eigenvalue weighted by Gasteiger charge is 2.31. The standard InChI is InChI=1S/C10H11BO4/c1-6-8(10(12)14-2)4-3-7-5-15-11(13)9(6)7/h3-4,13H,5H2,1-2H3. The minimum absolute atomic E-state index is 0.388. The van der Waals surface area contributed by atoms with Crippen LogP contribution in [0.2, 0.25) is 0 Å². The Kier molecular flexibility index (Phi) is 2.50. The second kappa shape index (κ2) is 3.68. The van der Waals surface area contributed by atoms with Crippen LogP contribution in [0.5, 0.6) is 0 Å². The predicted molar refractivity (Wildman–Crippen MR) is 54.9 cm³/mol. The van der Waals surface area contributed by atoms with Gasteiger partial charge in [0.25, 0.3) is 0 Å². The third-order valence-electron chi connectivity index (χ3n) is 2.65. The summed E-state index contributed by atoms with van der Waals surface area (Å²) in [6.07, 6.45) is 0. The van der Waals surface area contributed by atoms with Crippen LogP contribution in [0.1, 0.15) is 21.5 Å². The van der Waals surface area contributed by atoms with E-state index in [2.05, 4.69) is 4.74 Å². The van der Waals surface area contributed by atoms with Crippen LogP contribution in [0.3, 0.4) is 0 Å². The van der Waals surface area contributed by atoms with Crippen LogP contribution in [-0.4, -0.2) is 25.2 Å². The molecule has 1 heterocycles. The zero-order valence-corrected chi connectivity index (χ0v) is 8.61. The molecule has 0 unspecified atom stereocenters. The maximum absolute atomic E-state index is 11.4. The van der Waals surface area contributed by atoms with Crippen LogP contribution in [-0.2, 0) is 16.0 Å². The molecular weight excluding hydrogens is 195 g/mol. The quantitative estimate of drug-likeness (QED) is 0.519. The van der Waals surface area contributed by atoms with Gasteiger partial charge in [-0.25, -0.2) is 4.79 Å². The molecule has 0 aromatic heterocycles. The number of ether oxygens (including phenoxy) is 1. The number of carbonyl (C=O) groups excluding carboxylic acids is 1. The molecule has 78 valence electrons. The van der Waals surface area contributed by atoms with Gasteiger partial charge in [-0.15, -0.1) is 0 Å². The highest BCUT2D eigenvalue weighted by molar-refractivity contribution is 6.62. The number of hydrogen-bond donors (Lipinski definition) is 1. The lowest BCUT2D eigenvalue weighted by atomic mass is 9.75. The van der Waals surface area contributed by atoms with Gasteiger partial charge >= 0.3 is 13.1 Å². The van der Waals surface area contributed by atoms with Crippen molar-refractivity contribution in [1.82, 2.24) is 0 Å². The Labute approximate surface area is 88.0 Å². The molecular formula is C10H11BO4. The van der Waals surface area contributed by atoms with Crippen molar-refractivity contribution >= 4 is 18.6 Å². The SMILES string of the molecule is COC(=O)c1ccc2c(c1C)B(O)OC2. The Bertz CT molecular complexity index is 416. The van der Waals surface area contributed by atoms with E-state index in [4.69, 9.17) is 4.65 Å². The number of benzene rings is 1. The number of methoxy groups -OCH3 is 1. The van der Waals surface area contributed by atoms with E-state index in [0.717, 1.165) is 11.1 Å². The van der Waals surface area contributed by atoms with Gasteiger partial charge in [0.1, 0.15) is 0 Å². The van der Waals surface area contributed by atoms with Crippen molar-refractivity contribution in [2.75, 3.05) is 7.11 Å². The molecule has 1 aliphatic rings. The molecule has 1 aromatic rings. The molecule has 1 aromatic carbocycles. The van der Waals surface area contributed by atoms with Crippen LogP contribution >= 0.6 is 0 Å². The lowest BCUT2D eigenvalue weighted by molar-refractivity contribution is 0.0600. The first-order valence-corrected chi connectivity index (χ1v) is 4.65.